The Hall–Kier alpha value is -3.63. The molecule has 0 fully saturated rings. The molecule has 0 bridgehead atoms. The number of thiophene rings is 1. The minimum absolute atomic E-state index is 0.00486. The van der Waals surface area contributed by atoms with Gasteiger partial charge in [-0.25, -0.2) is 8.42 Å². The summed E-state index contributed by atoms with van der Waals surface area (Å²) in [6.45, 7) is 2.01. The van der Waals surface area contributed by atoms with Gasteiger partial charge in [-0.2, -0.15) is 5.10 Å². The Bertz CT molecular complexity index is 1390. The summed E-state index contributed by atoms with van der Waals surface area (Å²) < 4.78 is 32.5. The first-order valence-electron chi connectivity index (χ1n) is 9.94. The maximum Gasteiger partial charge on any atom is 0.264 e. The molecule has 10 heteroatoms. The second kappa shape index (κ2) is 9.08. The first kappa shape index (κ1) is 22.6. The minimum Gasteiger partial charge on any atom is -0.497 e. The van der Waals surface area contributed by atoms with Gasteiger partial charge in [0.1, 0.15) is 5.75 Å². The lowest BCUT2D eigenvalue weighted by Crippen LogP contribution is -2.26. The molecule has 0 radical (unpaired) electrons. The molecule has 170 valence electrons. The molecule has 4 rings (SSSR count). The topological polar surface area (TPSA) is 104 Å². The van der Waals surface area contributed by atoms with Crippen LogP contribution in [0.15, 0.2) is 71.6 Å². The normalized spacial score (nSPS) is 11.2. The third kappa shape index (κ3) is 4.76. The number of anilines is 2. The van der Waals surface area contributed by atoms with Gasteiger partial charge in [0.2, 0.25) is 0 Å². The fourth-order valence-electron chi connectivity index (χ4n) is 3.17. The highest BCUT2D eigenvalue weighted by atomic mass is 32.2. The summed E-state index contributed by atoms with van der Waals surface area (Å²) in [6.07, 6.45) is 0. The van der Waals surface area contributed by atoms with Gasteiger partial charge in [-0.05, 0) is 61.5 Å². The number of nitrogens with zero attached hydrogens (tertiary/aromatic N) is 2. The molecule has 4 aromatic rings. The van der Waals surface area contributed by atoms with Gasteiger partial charge < -0.3 is 10.1 Å². The Balaban J connectivity index is 1.53. The zero-order chi connectivity index (χ0) is 23.6. The third-order valence-electron chi connectivity index (χ3n) is 5.02. The molecule has 0 aliphatic carbocycles. The van der Waals surface area contributed by atoms with Crippen LogP contribution in [0.5, 0.6) is 5.75 Å². The molecule has 2 heterocycles. The second-order valence-electron chi connectivity index (χ2n) is 7.23. The van der Waals surface area contributed by atoms with E-state index in [4.69, 9.17) is 4.74 Å². The summed E-state index contributed by atoms with van der Waals surface area (Å²) in [5, 5.41) is 9.75. The van der Waals surface area contributed by atoms with Crippen molar-refractivity contribution in [2.45, 2.75) is 11.8 Å². The number of nitrogens with one attached hydrogen (secondary N) is 2. The second-order valence-corrected chi connectivity index (χ2v) is 10.5. The minimum atomic E-state index is -3.88. The Morgan fingerprint density at radius 2 is 1.85 bits per heavy atom. The van der Waals surface area contributed by atoms with E-state index >= 15 is 0 Å². The van der Waals surface area contributed by atoms with E-state index in [1.165, 1.54) is 30.1 Å². The maximum absolute atomic E-state index is 13.1. The Kier molecular flexibility index (Phi) is 6.21. The highest BCUT2D eigenvalue weighted by Crippen LogP contribution is 2.28. The number of hydrogen-bond donors (Lipinski definition) is 2. The van der Waals surface area contributed by atoms with Crippen LogP contribution < -0.4 is 14.4 Å². The molecule has 0 unspecified atom stereocenters. The highest BCUT2D eigenvalue weighted by Gasteiger charge is 2.23. The lowest BCUT2D eigenvalue weighted by atomic mass is 10.2. The fraction of sp³-hybridized carbons (Fsp3) is 0.130. The molecule has 33 heavy (non-hydrogen) atoms. The molecule has 2 aromatic carbocycles. The third-order valence-corrected chi connectivity index (χ3v) is 7.83. The van der Waals surface area contributed by atoms with E-state index in [1.807, 2.05) is 19.1 Å². The van der Waals surface area contributed by atoms with E-state index in [9.17, 15) is 13.2 Å². The molecule has 1 amide bonds. The number of aryl methyl sites for hydroxylation is 1. The van der Waals surface area contributed by atoms with Gasteiger partial charge in [-0.3, -0.25) is 14.2 Å². The predicted molar refractivity (Wildman–Crippen MR) is 130 cm³/mol. The van der Waals surface area contributed by atoms with Crippen LogP contribution in [-0.4, -0.2) is 38.7 Å². The van der Waals surface area contributed by atoms with Gasteiger partial charge >= 0.3 is 0 Å². The lowest BCUT2D eigenvalue weighted by Gasteiger charge is -2.20. The predicted octanol–water partition coefficient (Wildman–Crippen LogP) is 4.53. The molecule has 0 aliphatic heterocycles. The SMILES string of the molecule is COc1ccc(N(C)S(=O)(=O)c2cccc(C(=O)Nc3cc(-c4ccc(C)s4)[nH]n3)c2)cc1. The van der Waals surface area contributed by atoms with Gasteiger partial charge in [0.05, 0.1) is 28.3 Å². The van der Waals surface area contributed by atoms with Gasteiger partial charge in [-0.1, -0.05) is 6.07 Å². The van der Waals surface area contributed by atoms with Crippen molar-refractivity contribution in [3.63, 3.8) is 0 Å². The quantitative estimate of drug-likeness (QED) is 0.403. The van der Waals surface area contributed by atoms with Crippen LogP contribution in [0.25, 0.3) is 10.6 Å². The molecular formula is C23H22N4O4S2. The highest BCUT2D eigenvalue weighted by molar-refractivity contribution is 7.92. The van der Waals surface area contributed by atoms with Crippen LogP contribution in [0.4, 0.5) is 11.5 Å². The molecule has 2 aromatic heterocycles. The summed E-state index contributed by atoms with van der Waals surface area (Å²) in [6, 6.07) is 18.3. The maximum atomic E-state index is 13.1. The van der Waals surface area contributed by atoms with Crippen LogP contribution in [0, 0.1) is 6.92 Å². The molecule has 0 aliphatic rings. The Labute approximate surface area is 195 Å². The summed E-state index contributed by atoms with van der Waals surface area (Å²) in [4.78, 5) is 15.0. The molecule has 8 nitrogen and oxygen atoms in total. The van der Waals surface area contributed by atoms with Crippen molar-refractivity contribution >= 4 is 38.8 Å². The number of carbonyl (C=O) groups is 1. The van der Waals surface area contributed by atoms with Crippen molar-refractivity contribution < 1.29 is 17.9 Å². The van der Waals surface area contributed by atoms with Crippen LogP contribution in [-0.2, 0) is 10.0 Å². The number of methoxy groups -OCH3 is 1. The molecule has 0 saturated heterocycles. The number of aromatic amines is 1. The van der Waals surface area contributed by atoms with Crippen LogP contribution in [0.2, 0.25) is 0 Å². The first-order chi connectivity index (χ1) is 15.8. The van der Waals surface area contributed by atoms with Crippen molar-refractivity contribution in [3.05, 3.63) is 77.2 Å². The van der Waals surface area contributed by atoms with Crippen molar-refractivity contribution in [2.24, 2.45) is 0 Å². The van der Waals surface area contributed by atoms with E-state index in [-0.39, 0.29) is 10.5 Å². The number of rotatable bonds is 7. The summed E-state index contributed by atoms with van der Waals surface area (Å²) in [5.74, 6) is 0.517. The van der Waals surface area contributed by atoms with Crippen LogP contribution in [0.3, 0.4) is 0 Å². The number of H-pyrrole nitrogens is 1. The fourth-order valence-corrected chi connectivity index (χ4v) is 5.24. The van der Waals surface area contributed by atoms with Gasteiger partial charge in [0.15, 0.2) is 5.82 Å². The number of ether oxygens (including phenoxy) is 1. The van der Waals surface area contributed by atoms with Gasteiger partial charge in [-0.15, -0.1) is 11.3 Å². The van der Waals surface area contributed by atoms with Crippen LogP contribution >= 0.6 is 11.3 Å². The smallest absolute Gasteiger partial charge is 0.264 e. The number of benzene rings is 2. The number of hydrogen-bond acceptors (Lipinski definition) is 6. The number of amides is 1. The number of sulfonamides is 1. The average Bonchev–Trinajstić information content (AvgIpc) is 3.47. The van der Waals surface area contributed by atoms with Crippen molar-refractivity contribution in [3.8, 4) is 16.3 Å². The summed E-state index contributed by atoms with van der Waals surface area (Å²) >= 11 is 1.61. The standard InChI is InChI=1S/C23H22N4O4S2/c1-15-7-12-21(32-15)20-14-22(26-25-20)24-23(28)16-5-4-6-19(13-16)33(29,30)27(2)17-8-10-18(31-3)11-9-17/h4-14H,1-3H3,(H2,24,25,26,28). The molecule has 0 saturated carbocycles. The Morgan fingerprint density at radius 1 is 1.09 bits per heavy atom. The van der Waals surface area contributed by atoms with Gasteiger partial charge in [0.25, 0.3) is 15.9 Å². The zero-order valence-electron chi connectivity index (χ0n) is 18.2. The van der Waals surface area contributed by atoms with E-state index in [1.54, 1.807) is 54.8 Å². The largest absolute Gasteiger partial charge is 0.497 e. The summed E-state index contributed by atoms with van der Waals surface area (Å²) in [7, 11) is -0.878. The van der Waals surface area contributed by atoms with Crippen molar-refractivity contribution in [2.75, 3.05) is 23.8 Å². The Morgan fingerprint density at radius 3 is 2.52 bits per heavy atom. The first-order valence-corrected chi connectivity index (χ1v) is 12.2. The van der Waals surface area contributed by atoms with E-state index < -0.39 is 15.9 Å². The molecular weight excluding hydrogens is 460 g/mol. The van der Waals surface area contributed by atoms with Crippen molar-refractivity contribution in [1.82, 2.24) is 10.2 Å². The number of aromatic nitrogens is 2. The monoisotopic (exact) mass is 482 g/mol. The zero-order valence-corrected chi connectivity index (χ0v) is 19.8. The summed E-state index contributed by atoms with van der Waals surface area (Å²) in [5.41, 5.74) is 1.47. The van der Waals surface area contributed by atoms with Crippen LogP contribution in [0.1, 0.15) is 15.2 Å². The number of carbonyl (C=O) groups excluding carboxylic acids is 1. The van der Waals surface area contributed by atoms with E-state index in [0.717, 1.165) is 14.9 Å². The lowest BCUT2D eigenvalue weighted by molar-refractivity contribution is 0.102. The molecule has 2 N–H and O–H groups in total. The van der Waals surface area contributed by atoms with Crippen molar-refractivity contribution in [1.29, 1.82) is 0 Å². The van der Waals surface area contributed by atoms with E-state index in [0.29, 0.717) is 17.3 Å². The molecule has 0 atom stereocenters. The average molecular weight is 483 g/mol. The molecule has 0 spiro atoms. The van der Waals surface area contributed by atoms with Gasteiger partial charge in [0, 0.05) is 23.6 Å². The van der Waals surface area contributed by atoms with E-state index in [2.05, 4.69) is 15.5 Å².